The second-order valence-electron chi connectivity index (χ2n) is 6.92. The van der Waals surface area contributed by atoms with Crippen LogP contribution in [-0.4, -0.2) is 34.0 Å². The summed E-state index contributed by atoms with van der Waals surface area (Å²) in [6.45, 7) is 0. The summed E-state index contributed by atoms with van der Waals surface area (Å²) < 4.78 is 5.95. The quantitative estimate of drug-likeness (QED) is 0.728. The standard InChI is InChI=1S/C20H24O5/c1-25-20(11-7-14(8-12-20)18(23)24)19(9-3-2-4-10-19)16-6-5-15(21)13-17(16)22/h5-8,11-14,21-22H,2-4,9-10H2,1H3,(H,23,24)/t14-,20-. The highest BCUT2D eigenvalue weighted by Gasteiger charge is 2.52. The summed E-state index contributed by atoms with van der Waals surface area (Å²) in [4.78, 5) is 11.3. The number of methoxy groups -OCH3 is 1. The SMILES string of the molecule is CO[C@]1(C2(c3ccc(O)cc3O)CCCCC2)C=C[C@@H](C(=O)O)C=C1. The minimum absolute atomic E-state index is 0.0133. The molecule has 25 heavy (non-hydrogen) atoms. The molecule has 1 saturated carbocycles. The van der Waals surface area contributed by atoms with E-state index in [2.05, 4.69) is 0 Å². The normalized spacial score (nSPS) is 28.0. The summed E-state index contributed by atoms with van der Waals surface area (Å²) in [6, 6.07) is 4.68. The van der Waals surface area contributed by atoms with Gasteiger partial charge in [0.05, 0.1) is 5.92 Å². The number of aromatic hydroxyl groups is 2. The van der Waals surface area contributed by atoms with Crippen LogP contribution in [0.5, 0.6) is 11.5 Å². The van der Waals surface area contributed by atoms with Gasteiger partial charge in [-0.05, 0) is 18.9 Å². The average molecular weight is 344 g/mol. The fourth-order valence-corrected chi connectivity index (χ4v) is 4.38. The van der Waals surface area contributed by atoms with Crippen molar-refractivity contribution in [2.24, 2.45) is 5.92 Å². The largest absolute Gasteiger partial charge is 0.508 e. The molecule has 5 heteroatoms. The van der Waals surface area contributed by atoms with Crippen molar-refractivity contribution >= 4 is 5.97 Å². The molecule has 3 N–H and O–H groups in total. The smallest absolute Gasteiger partial charge is 0.314 e. The lowest BCUT2D eigenvalue weighted by molar-refractivity contribution is -0.138. The molecule has 0 unspecified atom stereocenters. The molecule has 0 aliphatic heterocycles. The first-order valence-electron chi connectivity index (χ1n) is 8.63. The summed E-state index contributed by atoms with van der Waals surface area (Å²) in [5.74, 6) is -1.51. The van der Waals surface area contributed by atoms with Crippen LogP contribution in [0.1, 0.15) is 37.7 Å². The lowest BCUT2D eigenvalue weighted by atomic mass is 9.58. The number of benzene rings is 1. The first kappa shape index (κ1) is 17.5. The summed E-state index contributed by atoms with van der Waals surface area (Å²) in [5.41, 5.74) is -0.600. The number of hydrogen-bond acceptors (Lipinski definition) is 4. The van der Waals surface area contributed by atoms with Crippen molar-refractivity contribution in [2.75, 3.05) is 7.11 Å². The van der Waals surface area contributed by atoms with E-state index in [1.54, 1.807) is 31.4 Å². The van der Waals surface area contributed by atoms with Crippen molar-refractivity contribution in [2.45, 2.75) is 43.1 Å². The monoisotopic (exact) mass is 344 g/mol. The van der Waals surface area contributed by atoms with E-state index in [4.69, 9.17) is 4.74 Å². The summed E-state index contributed by atoms with van der Waals surface area (Å²) in [6.07, 6.45) is 11.7. The van der Waals surface area contributed by atoms with E-state index < -0.39 is 22.9 Å². The number of phenolic OH excluding ortho intramolecular Hbond substituents is 2. The molecule has 0 spiro atoms. The predicted octanol–water partition coefficient (Wildman–Crippen LogP) is 3.51. The van der Waals surface area contributed by atoms with Crippen LogP contribution in [0.15, 0.2) is 42.5 Å². The lowest BCUT2D eigenvalue weighted by Crippen LogP contribution is -2.52. The highest BCUT2D eigenvalue weighted by molar-refractivity contribution is 5.75. The Balaban J connectivity index is 2.13. The number of aliphatic carboxylic acids is 1. The van der Waals surface area contributed by atoms with Gasteiger partial charge < -0.3 is 20.1 Å². The maximum absolute atomic E-state index is 11.3. The van der Waals surface area contributed by atoms with Crippen molar-refractivity contribution in [1.82, 2.24) is 0 Å². The minimum atomic E-state index is -0.901. The molecule has 134 valence electrons. The third-order valence-corrected chi connectivity index (χ3v) is 5.68. The Labute approximate surface area is 147 Å². The molecular weight excluding hydrogens is 320 g/mol. The van der Waals surface area contributed by atoms with E-state index >= 15 is 0 Å². The molecule has 0 saturated heterocycles. The second-order valence-corrected chi connectivity index (χ2v) is 6.92. The lowest BCUT2D eigenvalue weighted by Gasteiger charge is -2.50. The number of hydrogen-bond donors (Lipinski definition) is 3. The zero-order chi connectivity index (χ0) is 18.1. The number of rotatable bonds is 4. The summed E-state index contributed by atoms with van der Waals surface area (Å²) in [5, 5.41) is 29.4. The fourth-order valence-electron chi connectivity index (χ4n) is 4.38. The molecule has 0 atom stereocenters. The van der Waals surface area contributed by atoms with Gasteiger partial charge >= 0.3 is 5.97 Å². The summed E-state index contributed by atoms with van der Waals surface area (Å²) in [7, 11) is 1.61. The first-order valence-corrected chi connectivity index (χ1v) is 8.63. The molecule has 0 radical (unpaired) electrons. The van der Waals surface area contributed by atoms with Crippen LogP contribution >= 0.6 is 0 Å². The molecule has 5 nitrogen and oxygen atoms in total. The number of carbonyl (C=O) groups is 1. The maximum atomic E-state index is 11.3. The Bertz CT molecular complexity index is 699. The van der Waals surface area contributed by atoms with Crippen molar-refractivity contribution in [3.05, 3.63) is 48.1 Å². The second kappa shape index (κ2) is 6.56. The van der Waals surface area contributed by atoms with Gasteiger partial charge in [-0.15, -0.1) is 0 Å². The van der Waals surface area contributed by atoms with Crippen molar-refractivity contribution in [3.63, 3.8) is 0 Å². The van der Waals surface area contributed by atoms with E-state index in [-0.39, 0.29) is 11.5 Å². The zero-order valence-corrected chi connectivity index (χ0v) is 14.3. The Kier molecular flexibility index (Phi) is 4.60. The van der Waals surface area contributed by atoms with Gasteiger partial charge in [0.15, 0.2) is 0 Å². The third kappa shape index (κ3) is 2.82. The van der Waals surface area contributed by atoms with Gasteiger partial charge in [0, 0.05) is 24.2 Å². The van der Waals surface area contributed by atoms with Crippen LogP contribution in [0.3, 0.4) is 0 Å². The van der Waals surface area contributed by atoms with Crippen molar-refractivity contribution in [1.29, 1.82) is 0 Å². The van der Waals surface area contributed by atoms with Crippen LogP contribution < -0.4 is 0 Å². The minimum Gasteiger partial charge on any atom is -0.508 e. The molecule has 0 amide bonds. The highest BCUT2D eigenvalue weighted by Crippen LogP contribution is 2.53. The maximum Gasteiger partial charge on any atom is 0.314 e. The number of carboxylic acid groups (broad SMARTS) is 1. The third-order valence-electron chi connectivity index (χ3n) is 5.68. The van der Waals surface area contributed by atoms with Crippen LogP contribution in [0.4, 0.5) is 0 Å². The van der Waals surface area contributed by atoms with E-state index in [0.717, 1.165) is 37.7 Å². The topological polar surface area (TPSA) is 87.0 Å². The Hall–Kier alpha value is -2.27. The Morgan fingerprint density at radius 2 is 1.76 bits per heavy atom. The van der Waals surface area contributed by atoms with Gasteiger partial charge in [-0.25, -0.2) is 0 Å². The Morgan fingerprint density at radius 1 is 1.12 bits per heavy atom. The zero-order valence-electron chi connectivity index (χ0n) is 14.3. The van der Waals surface area contributed by atoms with Gasteiger partial charge in [-0.3, -0.25) is 4.79 Å². The van der Waals surface area contributed by atoms with E-state index in [1.165, 1.54) is 6.07 Å². The van der Waals surface area contributed by atoms with Crippen LogP contribution in [0, 0.1) is 5.92 Å². The van der Waals surface area contributed by atoms with Crippen LogP contribution in [0.2, 0.25) is 0 Å². The first-order chi connectivity index (χ1) is 11.9. The van der Waals surface area contributed by atoms with E-state index in [9.17, 15) is 20.1 Å². The molecule has 0 heterocycles. The number of carboxylic acids is 1. The van der Waals surface area contributed by atoms with Crippen LogP contribution in [-0.2, 0) is 14.9 Å². The molecule has 1 aromatic rings. The number of ether oxygens (including phenoxy) is 1. The fraction of sp³-hybridized carbons (Fsp3) is 0.450. The van der Waals surface area contributed by atoms with Crippen molar-refractivity contribution < 1.29 is 24.9 Å². The predicted molar refractivity (Wildman–Crippen MR) is 93.7 cm³/mol. The highest BCUT2D eigenvalue weighted by atomic mass is 16.5. The number of phenols is 2. The van der Waals surface area contributed by atoms with Gasteiger partial charge in [0.2, 0.25) is 0 Å². The molecule has 3 rings (SSSR count). The molecule has 1 fully saturated rings. The van der Waals surface area contributed by atoms with Gasteiger partial charge in [-0.1, -0.05) is 49.6 Å². The van der Waals surface area contributed by atoms with Gasteiger partial charge in [0.1, 0.15) is 17.1 Å². The summed E-state index contributed by atoms with van der Waals surface area (Å²) >= 11 is 0. The molecule has 0 aromatic heterocycles. The van der Waals surface area contributed by atoms with Crippen LogP contribution in [0.25, 0.3) is 0 Å². The molecule has 2 aliphatic rings. The van der Waals surface area contributed by atoms with E-state index in [1.807, 2.05) is 12.2 Å². The average Bonchev–Trinajstić information content (AvgIpc) is 2.62. The molecular formula is C20H24O5. The van der Waals surface area contributed by atoms with E-state index in [0.29, 0.717) is 0 Å². The van der Waals surface area contributed by atoms with Crippen molar-refractivity contribution in [3.8, 4) is 11.5 Å². The molecule has 1 aromatic carbocycles. The van der Waals surface area contributed by atoms with Gasteiger partial charge in [-0.2, -0.15) is 0 Å². The van der Waals surface area contributed by atoms with Gasteiger partial charge in [0.25, 0.3) is 0 Å². The Morgan fingerprint density at radius 3 is 2.28 bits per heavy atom. The molecule has 2 aliphatic carbocycles. The molecule has 0 bridgehead atoms.